The SMILES string of the molecule is NC(=O)[C@H](NC(C1CC1)C1CC1)C(=O)Nc1ccc(N2CCOCC2=O)c(OC(F)F)c1. The molecule has 1 aromatic carbocycles. The summed E-state index contributed by atoms with van der Waals surface area (Å²) in [6.07, 6.45) is 4.21. The third-order valence-corrected chi connectivity index (χ3v) is 5.89. The van der Waals surface area contributed by atoms with Gasteiger partial charge in [-0.3, -0.25) is 19.7 Å². The Kier molecular flexibility index (Phi) is 6.56. The van der Waals surface area contributed by atoms with Gasteiger partial charge in [0.25, 0.3) is 11.8 Å². The smallest absolute Gasteiger partial charge is 0.387 e. The molecule has 0 radical (unpaired) electrons. The molecule has 1 heterocycles. The van der Waals surface area contributed by atoms with Crippen LogP contribution >= 0.6 is 0 Å². The maximum Gasteiger partial charge on any atom is 0.387 e. The van der Waals surface area contributed by atoms with Crippen molar-refractivity contribution in [3.05, 3.63) is 18.2 Å². The highest BCUT2D eigenvalue weighted by Gasteiger charge is 2.44. The van der Waals surface area contributed by atoms with Gasteiger partial charge in [-0.1, -0.05) is 0 Å². The van der Waals surface area contributed by atoms with E-state index < -0.39 is 30.4 Å². The van der Waals surface area contributed by atoms with Crippen LogP contribution in [0.25, 0.3) is 0 Å². The average Bonchev–Trinajstić information content (AvgIpc) is 3.63. The molecule has 11 heteroatoms. The Balaban J connectivity index is 1.50. The summed E-state index contributed by atoms with van der Waals surface area (Å²) in [4.78, 5) is 38.2. The van der Waals surface area contributed by atoms with Crippen LogP contribution in [0.5, 0.6) is 5.75 Å². The third-order valence-electron chi connectivity index (χ3n) is 5.89. The molecule has 9 nitrogen and oxygen atoms in total. The van der Waals surface area contributed by atoms with E-state index in [1.165, 1.54) is 23.1 Å². The van der Waals surface area contributed by atoms with Gasteiger partial charge >= 0.3 is 6.61 Å². The van der Waals surface area contributed by atoms with Gasteiger partial charge in [-0.2, -0.15) is 8.78 Å². The van der Waals surface area contributed by atoms with Gasteiger partial charge in [0.15, 0.2) is 11.8 Å². The molecule has 32 heavy (non-hydrogen) atoms. The molecule has 0 bridgehead atoms. The van der Waals surface area contributed by atoms with Crippen LogP contribution in [0.1, 0.15) is 25.7 Å². The Morgan fingerprint density at radius 2 is 1.88 bits per heavy atom. The Bertz CT molecular complexity index is 879. The molecule has 1 saturated heterocycles. The lowest BCUT2D eigenvalue weighted by Crippen LogP contribution is -2.54. The van der Waals surface area contributed by atoms with Crippen molar-refractivity contribution in [2.45, 2.75) is 44.4 Å². The molecule has 1 aromatic rings. The first-order chi connectivity index (χ1) is 15.3. The zero-order chi connectivity index (χ0) is 22.8. The number of alkyl halides is 2. The molecule has 4 rings (SSSR count). The van der Waals surface area contributed by atoms with E-state index in [2.05, 4.69) is 15.4 Å². The van der Waals surface area contributed by atoms with E-state index in [1.807, 2.05) is 0 Å². The van der Waals surface area contributed by atoms with Gasteiger partial charge in [0, 0.05) is 24.3 Å². The predicted octanol–water partition coefficient (Wildman–Crippen LogP) is 1.22. The topological polar surface area (TPSA) is 123 Å². The molecule has 3 fully saturated rings. The number of halogens is 2. The summed E-state index contributed by atoms with van der Waals surface area (Å²) in [5.41, 5.74) is 5.75. The van der Waals surface area contributed by atoms with E-state index >= 15 is 0 Å². The van der Waals surface area contributed by atoms with Crippen molar-refractivity contribution in [1.82, 2.24) is 5.32 Å². The van der Waals surface area contributed by atoms with Crippen molar-refractivity contribution < 1.29 is 32.6 Å². The van der Waals surface area contributed by atoms with E-state index in [-0.39, 0.29) is 42.9 Å². The van der Waals surface area contributed by atoms with Crippen molar-refractivity contribution in [3.63, 3.8) is 0 Å². The number of benzene rings is 1. The second-order valence-electron chi connectivity index (χ2n) is 8.35. The molecule has 1 atom stereocenters. The van der Waals surface area contributed by atoms with E-state index in [1.54, 1.807) is 0 Å². The fraction of sp³-hybridized carbons (Fsp3) is 0.571. The number of carbonyl (C=O) groups is 3. The number of rotatable bonds is 10. The number of nitrogens with zero attached hydrogens (tertiary/aromatic N) is 1. The van der Waals surface area contributed by atoms with Crippen molar-refractivity contribution in [3.8, 4) is 5.75 Å². The third kappa shape index (κ3) is 5.33. The van der Waals surface area contributed by atoms with E-state index in [9.17, 15) is 23.2 Å². The van der Waals surface area contributed by atoms with Crippen molar-refractivity contribution >= 4 is 29.1 Å². The summed E-state index contributed by atoms with van der Waals surface area (Å²) < 4.78 is 35.6. The quantitative estimate of drug-likeness (QED) is 0.459. The Morgan fingerprint density at radius 1 is 1.19 bits per heavy atom. The first-order valence-electron chi connectivity index (χ1n) is 10.7. The number of ether oxygens (including phenoxy) is 2. The summed E-state index contributed by atoms with van der Waals surface area (Å²) in [5, 5.41) is 5.66. The van der Waals surface area contributed by atoms with E-state index in [0.29, 0.717) is 11.8 Å². The second kappa shape index (κ2) is 9.37. The first-order valence-corrected chi connectivity index (χ1v) is 10.7. The summed E-state index contributed by atoms with van der Waals surface area (Å²) in [6, 6.07) is 2.86. The molecule has 0 aromatic heterocycles. The number of anilines is 2. The van der Waals surface area contributed by atoms with E-state index in [4.69, 9.17) is 10.5 Å². The lowest BCUT2D eigenvalue weighted by molar-refractivity contribution is -0.128. The van der Waals surface area contributed by atoms with E-state index in [0.717, 1.165) is 25.7 Å². The van der Waals surface area contributed by atoms with Crippen LogP contribution in [0.3, 0.4) is 0 Å². The second-order valence-corrected chi connectivity index (χ2v) is 8.35. The highest BCUT2D eigenvalue weighted by molar-refractivity contribution is 6.09. The zero-order valence-corrected chi connectivity index (χ0v) is 17.4. The number of carbonyl (C=O) groups excluding carboxylic acids is 3. The van der Waals surface area contributed by atoms with Crippen LogP contribution in [0.2, 0.25) is 0 Å². The minimum atomic E-state index is -3.13. The molecule has 0 spiro atoms. The van der Waals surface area contributed by atoms with Gasteiger partial charge in [0.2, 0.25) is 5.91 Å². The van der Waals surface area contributed by atoms with Crippen molar-refractivity contribution in [1.29, 1.82) is 0 Å². The standard InChI is InChI=1S/C21H26F2N4O5/c22-21(23)32-15-9-13(5-6-14(15)27-7-8-31-10-16(27)28)25-20(30)18(19(24)29)26-17(11-1-2-11)12-3-4-12/h5-6,9,11-12,17-18,21,26H,1-4,7-8,10H2,(H2,24,29)(H,25,30)/t18-/m0/s1. The summed E-state index contributed by atoms with van der Waals surface area (Å²) >= 11 is 0. The molecule has 3 amide bonds. The Labute approximate surface area is 183 Å². The fourth-order valence-electron chi connectivity index (χ4n) is 4.04. The normalized spacial score (nSPS) is 19.9. The molecule has 0 unspecified atom stereocenters. The molecule has 174 valence electrons. The summed E-state index contributed by atoms with van der Waals surface area (Å²) in [6.45, 7) is -2.86. The Morgan fingerprint density at radius 3 is 2.44 bits per heavy atom. The lowest BCUT2D eigenvalue weighted by Gasteiger charge is -2.28. The number of primary amides is 1. The molecule has 4 N–H and O–H groups in total. The van der Waals surface area contributed by atoms with Gasteiger partial charge in [-0.25, -0.2) is 0 Å². The van der Waals surface area contributed by atoms with Gasteiger partial charge in [-0.05, 0) is 49.7 Å². The number of nitrogens with one attached hydrogen (secondary N) is 2. The minimum absolute atomic E-state index is 0.0608. The first kappa shape index (κ1) is 22.4. The van der Waals surface area contributed by atoms with Crippen LogP contribution in [0, 0.1) is 11.8 Å². The Hall–Kier alpha value is -2.79. The van der Waals surface area contributed by atoms with Crippen LogP contribution in [0.4, 0.5) is 20.2 Å². The molecular formula is C21H26F2N4O5. The summed E-state index contributed by atoms with van der Waals surface area (Å²) in [5.74, 6) is -1.28. The van der Waals surface area contributed by atoms with Crippen LogP contribution in [-0.4, -0.2) is 56.2 Å². The average molecular weight is 452 g/mol. The molecule has 3 aliphatic rings. The summed E-state index contributed by atoms with van der Waals surface area (Å²) in [7, 11) is 0. The molecule has 2 saturated carbocycles. The van der Waals surface area contributed by atoms with Gasteiger partial charge < -0.3 is 25.4 Å². The highest BCUT2D eigenvalue weighted by atomic mass is 19.3. The van der Waals surface area contributed by atoms with Gasteiger partial charge in [0.1, 0.15) is 6.61 Å². The number of nitrogens with two attached hydrogens (primary N) is 1. The predicted molar refractivity (Wildman–Crippen MR) is 110 cm³/mol. The largest absolute Gasteiger partial charge is 0.433 e. The van der Waals surface area contributed by atoms with Gasteiger partial charge in [0.05, 0.1) is 12.3 Å². The number of morpholine rings is 1. The van der Waals surface area contributed by atoms with Crippen molar-refractivity contribution in [2.24, 2.45) is 17.6 Å². The highest BCUT2D eigenvalue weighted by Crippen LogP contribution is 2.44. The van der Waals surface area contributed by atoms with Crippen LogP contribution in [-0.2, 0) is 19.1 Å². The maximum absolute atomic E-state index is 13.0. The molecule has 1 aliphatic heterocycles. The zero-order valence-electron chi connectivity index (χ0n) is 17.4. The van der Waals surface area contributed by atoms with Crippen LogP contribution in [0.15, 0.2) is 18.2 Å². The van der Waals surface area contributed by atoms with Gasteiger partial charge in [-0.15, -0.1) is 0 Å². The number of hydrogen-bond acceptors (Lipinski definition) is 6. The number of amides is 3. The number of hydrogen-bond donors (Lipinski definition) is 3. The lowest BCUT2D eigenvalue weighted by atomic mass is 10.1. The molecule has 2 aliphatic carbocycles. The van der Waals surface area contributed by atoms with Crippen LogP contribution < -0.4 is 26.0 Å². The monoisotopic (exact) mass is 452 g/mol. The van der Waals surface area contributed by atoms with Crippen molar-refractivity contribution in [2.75, 3.05) is 30.0 Å². The maximum atomic E-state index is 13.0. The minimum Gasteiger partial charge on any atom is -0.433 e. The fourth-order valence-corrected chi connectivity index (χ4v) is 4.04. The molecular weight excluding hydrogens is 426 g/mol.